The van der Waals surface area contributed by atoms with Crippen molar-refractivity contribution in [1.82, 2.24) is 15.0 Å². The van der Waals surface area contributed by atoms with Gasteiger partial charge in [0.1, 0.15) is 0 Å². The summed E-state index contributed by atoms with van der Waals surface area (Å²) in [6.45, 7) is 2.08. The largest absolute Gasteiger partial charge is 0.393 e. The van der Waals surface area contributed by atoms with Gasteiger partial charge in [-0.3, -0.25) is 0 Å². The second kappa shape index (κ2) is 6.31. The molecule has 2 rings (SSSR count). The molecule has 0 aliphatic carbocycles. The van der Waals surface area contributed by atoms with E-state index in [2.05, 4.69) is 17.2 Å². The SMILES string of the molecule is CCCC(O)CCc1cnnn1-c1ccccc1. The fourth-order valence-electron chi connectivity index (χ4n) is 2.01. The van der Waals surface area contributed by atoms with Crippen molar-refractivity contribution in [2.45, 2.75) is 38.7 Å². The average Bonchev–Trinajstić information content (AvgIpc) is 2.86. The van der Waals surface area contributed by atoms with E-state index in [4.69, 9.17) is 0 Å². The predicted octanol–water partition coefficient (Wildman–Crippen LogP) is 2.36. The van der Waals surface area contributed by atoms with Gasteiger partial charge in [0, 0.05) is 0 Å². The molecule has 1 aromatic carbocycles. The first-order valence-corrected chi connectivity index (χ1v) is 6.44. The zero-order valence-electron chi connectivity index (χ0n) is 10.7. The lowest BCUT2D eigenvalue weighted by molar-refractivity contribution is 0.153. The van der Waals surface area contributed by atoms with Crippen LogP contribution in [-0.4, -0.2) is 26.2 Å². The molecular weight excluding hydrogens is 226 g/mol. The van der Waals surface area contributed by atoms with Crippen LogP contribution in [0, 0.1) is 0 Å². The quantitative estimate of drug-likeness (QED) is 0.850. The molecule has 96 valence electrons. The zero-order valence-corrected chi connectivity index (χ0v) is 10.7. The highest BCUT2D eigenvalue weighted by Gasteiger charge is 2.09. The number of hydrogen-bond donors (Lipinski definition) is 1. The fraction of sp³-hybridized carbons (Fsp3) is 0.429. The standard InChI is InChI=1S/C14H19N3O/c1-2-6-14(18)10-9-13-11-15-16-17(13)12-7-4-3-5-8-12/h3-5,7-8,11,14,18H,2,6,9-10H2,1H3. The Labute approximate surface area is 107 Å². The molecule has 0 bridgehead atoms. The van der Waals surface area contributed by atoms with Crippen molar-refractivity contribution < 1.29 is 5.11 Å². The van der Waals surface area contributed by atoms with Crippen molar-refractivity contribution in [3.8, 4) is 5.69 Å². The van der Waals surface area contributed by atoms with E-state index in [1.807, 2.05) is 35.0 Å². The van der Waals surface area contributed by atoms with Gasteiger partial charge < -0.3 is 5.11 Å². The number of aliphatic hydroxyl groups is 1. The molecule has 0 fully saturated rings. The number of rotatable bonds is 6. The van der Waals surface area contributed by atoms with E-state index < -0.39 is 0 Å². The lowest BCUT2D eigenvalue weighted by atomic mass is 10.1. The Morgan fingerprint density at radius 2 is 2.00 bits per heavy atom. The number of nitrogens with zero attached hydrogens (tertiary/aromatic N) is 3. The van der Waals surface area contributed by atoms with E-state index in [-0.39, 0.29) is 6.10 Å². The van der Waals surface area contributed by atoms with Crippen molar-refractivity contribution in [2.75, 3.05) is 0 Å². The number of benzene rings is 1. The molecule has 0 aliphatic rings. The summed E-state index contributed by atoms with van der Waals surface area (Å²) >= 11 is 0. The molecule has 2 aromatic rings. The second-order valence-corrected chi connectivity index (χ2v) is 4.45. The summed E-state index contributed by atoms with van der Waals surface area (Å²) in [5, 5.41) is 17.8. The van der Waals surface area contributed by atoms with Crippen LogP contribution in [0.4, 0.5) is 0 Å². The molecule has 0 amide bonds. The molecule has 1 heterocycles. The third kappa shape index (κ3) is 3.17. The number of aryl methyl sites for hydroxylation is 1. The van der Waals surface area contributed by atoms with Crippen LogP contribution in [0.15, 0.2) is 36.5 Å². The summed E-state index contributed by atoms with van der Waals surface area (Å²) in [6.07, 6.45) is 4.96. The van der Waals surface area contributed by atoms with Gasteiger partial charge in [-0.05, 0) is 31.4 Å². The summed E-state index contributed by atoms with van der Waals surface area (Å²) in [6, 6.07) is 9.94. The molecule has 0 saturated heterocycles. The molecule has 4 heteroatoms. The van der Waals surface area contributed by atoms with E-state index in [0.29, 0.717) is 0 Å². The van der Waals surface area contributed by atoms with E-state index in [1.165, 1.54) is 0 Å². The van der Waals surface area contributed by atoms with Crippen LogP contribution in [0.3, 0.4) is 0 Å². The minimum absolute atomic E-state index is 0.228. The molecule has 0 saturated carbocycles. The third-order valence-corrected chi connectivity index (χ3v) is 2.98. The van der Waals surface area contributed by atoms with Gasteiger partial charge in [-0.25, -0.2) is 4.68 Å². The van der Waals surface area contributed by atoms with Gasteiger partial charge >= 0.3 is 0 Å². The van der Waals surface area contributed by atoms with Gasteiger partial charge in [0.05, 0.1) is 23.7 Å². The Morgan fingerprint density at radius 1 is 1.22 bits per heavy atom. The monoisotopic (exact) mass is 245 g/mol. The maximum Gasteiger partial charge on any atom is 0.0729 e. The van der Waals surface area contributed by atoms with Crippen LogP contribution in [0.1, 0.15) is 31.9 Å². The number of aromatic nitrogens is 3. The van der Waals surface area contributed by atoms with Crippen LogP contribution >= 0.6 is 0 Å². The van der Waals surface area contributed by atoms with Crippen molar-refractivity contribution >= 4 is 0 Å². The van der Waals surface area contributed by atoms with Gasteiger partial charge in [-0.1, -0.05) is 36.8 Å². The van der Waals surface area contributed by atoms with Crippen molar-refractivity contribution in [1.29, 1.82) is 0 Å². The molecular formula is C14H19N3O. The van der Waals surface area contributed by atoms with E-state index in [0.717, 1.165) is 37.1 Å². The maximum atomic E-state index is 9.76. The van der Waals surface area contributed by atoms with Gasteiger partial charge in [0.15, 0.2) is 0 Å². The summed E-state index contributed by atoms with van der Waals surface area (Å²) in [7, 11) is 0. The van der Waals surface area contributed by atoms with Crippen LogP contribution in [0.2, 0.25) is 0 Å². The zero-order chi connectivity index (χ0) is 12.8. The van der Waals surface area contributed by atoms with Crippen LogP contribution < -0.4 is 0 Å². The summed E-state index contributed by atoms with van der Waals surface area (Å²) in [5.41, 5.74) is 2.05. The predicted molar refractivity (Wildman–Crippen MR) is 70.6 cm³/mol. The number of aliphatic hydroxyl groups excluding tert-OH is 1. The van der Waals surface area contributed by atoms with Gasteiger partial charge in [-0.2, -0.15) is 0 Å². The fourth-order valence-corrected chi connectivity index (χ4v) is 2.01. The van der Waals surface area contributed by atoms with Crippen LogP contribution in [0.25, 0.3) is 5.69 Å². The first kappa shape index (κ1) is 12.8. The van der Waals surface area contributed by atoms with Crippen LogP contribution in [-0.2, 0) is 6.42 Å². The Morgan fingerprint density at radius 3 is 2.72 bits per heavy atom. The first-order chi connectivity index (χ1) is 8.81. The lowest BCUT2D eigenvalue weighted by Crippen LogP contribution is -2.09. The van der Waals surface area contributed by atoms with Gasteiger partial charge in [-0.15, -0.1) is 5.10 Å². The maximum absolute atomic E-state index is 9.76. The molecule has 0 radical (unpaired) electrons. The average molecular weight is 245 g/mol. The highest BCUT2D eigenvalue weighted by Crippen LogP contribution is 2.12. The third-order valence-electron chi connectivity index (χ3n) is 2.98. The second-order valence-electron chi connectivity index (χ2n) is 4.45. The first-order valence-electron chi connectivity index (χ1n) is 6.44. The highest BCUT2D eigenvalue weighted by atomic mass is 16.3. The Balaban J connectivity index is 2.05. The summed E-state index contributed by atoms with van der Waals surface area (Å²) < 4.78 is 1.83. The molecule has 18 heavy (non-hydrogen) atoms. The van der Waals surface area contributed by atoms with E-state index >= 15 is 0 Å². The lowest BCUT2D eigenvalue weighted by Gasteiger charge is -2.09. The molecule has 1 atom stereocenters. The number of hydrogen-bond acceptors (Lipinski definition) is 3. The minimum Gasteiger partial charge on any atom is -0.393 e. The van der Waals surface area contributed by atoms with Crippen molar-refractivity contribution in [3.63, 3.8) is 0 Å². The molecule has 0 aliphatic heterocycles. The molecule has 1 N–H and O–H groups in total. The normalized spacial score (nSPS) is 12.6. The van der Waals surface area contributed by atoms with Gasteiger partial charge in [0.25, 0.3) is 0 Å². The Bertz CT molecular complexity index is 467. The Hall–Kier alpha value is -1.68. The minimum atomic E-state index is -0.228. The number of para-hydroxylation sites is 1. The van der Waals surface area contributed by atoms with Crippen LogP contribution in [0.5, 0.6) is 0 Å². The molecule has 4 nitrogen and oxygen atoms in total. The summed E-state index contributed by atoms with van der Waals surface area (Å²) in [4.78, 5) is 0. The van der Waals surface area contributed by atoms with Crippen molar-refractivity contribution in [2.24, 2.45) is 0 Å². The smallest absolute Gasteiger partial charge is 0.0729 e. The van der Waals surface area contributed by atoms with E-state index in [9.17, 15) is 5.11 Å². The van der Waals surface area contributed by atoms with E-state index in [1.54, 1.807) is 6.20 Å². The summed E-state index contributed by atoms with van der Waals surface area (Å²) in [5.74, 6) is 0. The topological polar surface area (TPSA) is 50.9 Å². The van der Waals surface area contributed by atoms with Gasteiger partial charge in [0.2, 0.25) is 0 Å². The van der Waals surface area contributed by atoms with Crippen molar-refractivity contribution in [3.05, 3.63) is 42.2 Å². The molecule has 1 unspecified atom stereocenters. The molecule has 0 spiro atoms. The molecule has 1 aromatic heterocycles. The highest BCUT2D eigenvalue weighted by molar-refractivity contribution is 5.31. The Kier molecular flexibility index (Phi) is 4.47.